The van der Waals surface area contributed by atoms with E-state index in [0.29, 0.717) is 23.1 Å². The molecular formula is C22H24N6OSe. The minimum absolute atomic E-state index is 0.0283. The second-order valence-electron chi connectivity index (χ2n) is 9.47. The molecule has 7 nitrogen and oxygen atoms in total. The predicted octanol–water partition coefficient (Wildman–Crippen LogP) is 3.34. The molecule has 2 bridgehead atoms. The van der Waals surface area contributed by atoms with Gasteiger partial charge in [0.2, 0.25) is 0 Å². The number of nitrogens with one attached hydrogen (secondary N) is 2. The molecule has 3 heterocycles. The van der Waals surface area contributed by atoms with E-state index in [-0.39, 0.29) is 25.7 Å². The van der Waals surface area contributed by atoms with Crippen LogP contribution in [0.1, 0.15) is 40.0 Å². The van der Waals surface area contributed by atoms with Crippen LogP contribution >= 0.6 is 0 Å². The average Bonchev–Trinajstić information content (AvgIpc) is 3.43. The van der Waals surface area contributed by atoms with Crippen LogP contribution in [0.15, 0.2) is 35.4 Å². The molecule has 0 amide bonds. The molecule has 30 heavy (non-hydrogen) atoms. The van der Waals surface area contributed by atoms with E-state index in [2.05, 4.69) is 41.0 Å². The van der Waals surface area contributed by atoms with E-state index in [9.17, 15) is 4.79 Å². The van der Waals surface area contributed by atoms with Crippen molar-refractivity contribution in [3.63, 3.8) is 0 Å². The van der Waals surface area contributed by atoms with Crippen LogP contribution in [0, 0.1) is 16.7 Å². The number of aromatic amines is 1. The van der Waals surface area contributed by atoms with Crippen LogP contribution in [-0.2, 0) is 0 Å². The van der Waals surface area contributed by atoms with Crippen molar-refractivity contribution < 1.29 is 0 Å². The Balaban J connectivity index is 1.47. The number of hydrogen-bond acceptors (Lipinski definition) is 5. The van der Waals surface area contributed by atoms with Crippen LogP contribution in [0.5, 0.6) is 0 Å². The zero-order valence-corrected chi connectivity index (χ0v) is 19.0. The summed E-state index contributed by atoms with van der Waals surface area (Å²) >= 11 is -0.171. The average molecular weight is 467 g/mol. The summed E-state index contributed by atoms with van der Waals surface area (Å²) in [6.45, 7) is 7.23. The van der Waals surface area contributed by atoms with Crippen molar-refractivity contribution in [3.05, 3.63) is 40.9 Å². The Hall–Kier alpha value is -2.44. The molecule has 2 aliphatic carbocycles. The Morgan fingerprint density at radius 1 is 1.23 bits per heavy atom. The van der Waals surface area contributed by atoms with Gasteiger partial charge in [-0.05, 0) is 0 Å². The van der Waals surface area contributed by atoms with Crippen molar-refractivity contribution >= 4 is 41.4 Å². The summed E-state index contributed by atoms with van der Waals surface area (Å²) in [5, 5.41) is 4.49. The SMILES string of the molecule is CC1(C)[C@@H]2CC[C@]1(C)[C@@H](Nc1nc(-n3[se]c4ccccc4c3=O)nc3nc[nH]c13)C2. The van der Waals surface area contributed by atoms with Gasteiger partial charge in [0, 0.05) is 0 Å². The van der Waals surface area contributed by atoms with Crippen LogP contribution in [0.25, 0.3) is 26.8 Å². The molecular weight excluding hydrogens is 443 g/mol. The zero-order chi connectivity index (χ0) is 20.7. The Bertz CT molecular complexity index is 1350. The van der Waals surface area contributed by atoms with Gasteiger partial charge >= 0.3 is 180 Å². The number of rotatable bonds is 3. The van der Waals surface area contributed by atoms with E-state index >= 15 is 0 Å². The van der Waals surface area contributed by atoms with Gasteiger partial charge in [-0.3, -0.25) is 0 Å². The van der Waals surface area contributed by atoms with E-state index in [0.717, 1.165) is 33.3 Å². The van der Waals surface area contributed by atoms with Gasteiger partial charge in [-0.1, -0.05) is 0 Å². The van der Waals surface area contributed by atoms with Crippen LogP contribution in [0.2, 0.25) is 0 Å². The van der Waals surface area contributed by atoms with Crippen molar-refractivity contribution in [2.24, 2.45) is 16.7 Å². The summed E-state index contributed by atoms with van der Waals surface area (Å²) in [5.41, 5.74) is 1.90. The standard InChI is InChI=1S/C22H24N6OSe/c1-21(2)12-8-9-22(21,3)15(10-12)25-18-16-17(24-11-23-16)26-20(27-18)28-19(29)13-6-4-5-7-14(13)30-28/h4-7,11-12,15H,8-10H2,1-3H3,(H2,23,24,25,26,27)/t12-,15+,22-/m1/s1. The van der Waals surface area contributed by atoms with E-state index in [4.69, 9.17) is 4.98 Å². The van der Waals surface area contributed by atoms with Gasteiger partial charge in [-0.25, -0.2) is 0 Å². The first-order valence-electron chi connectivity index (χ1n) is 10.5. The molecule has 154 valence electrons. The first-order chi connectivity index (χ1) is 14.4. The molecule has 2 saturated carbocycles. The van der Waals surface area contributed by atoms with Crippen LogP contribution < -0.4 is 10.9 Å². The number of H-pyrrole nitrogens is 1. The topological polar surface area (TPSA) is 88.5 Å². The molecule has 0 radical (unpaired) electrons. The minimum atomic E-state index is -0.171. The second-order valence-corrected chi connectivity index (χ2v) is 11.5. The summed E-state index contributed by atoms with van der Waals surface area (Å²) in [5.74, 6) is 1.92. The van der Waals surface area contributed by atoms with E-state index in [1.165, 1.54) is 12.8 Å². The fraction of sp³-hybridized carbons (Fsp3) is 0.455. The quantitative estimate of drug-likeness (QED) is 0.452. The molecule has 0 unspecified atom stereocenters. The van der Waals surface area contributed by atoms with Crippen LogP contribution in [0.3, 0.4) is 0 Å². The van der Waals surface area contributed by atoms with Gasteiger partial charge in [0.15, 0.2) is 0 Å². The fourth-order valence-corrected chi connectivity index (χ4v) is 7.67. The summed E-state index contributed by atoms with van der Waals surface area (Å²) < 4.78 is 2.78. The Labute approximate surface area is 179 Å². The summed E-state index contributed by atoms with van der Waals surface area (Å²) in [6, 6.07) is 8.11. The molecule has 0 aliphatic heterocycles. The first kappa shape index (κ1) is 18.3. The Kier molecular flexibility index (Phi) is 3.70. The van der Waals surface area contributed by atoms with Crippen molar-refractivity contribution in [1.29, 1.82) is 0 Å². The summed E-state index contributed by atoms with van der Waals surface area (Å²) in [7, 11) is 0. The maximum absolute atomic E-state index is 13.0. The van der Waals surface area contributed by atoms with Gasteiger partial charge in [0.05, 0.1) is 0 Å². The predicted molar refractivity (Wildman–Crippen MR) is 118 cm³/mol. The Morgan fingerprint density at radius 3 is 2.80 bits per heavy atom. The molecule has 0 spiro atoms. The number of fused-ring (bicyclic) bond motifs is 4. The van der Waals surface area contributed by atoms with Crippen LogP contribution in [-0.4, -0.2) is 44.3 Å². The Morgan fingerprint density at radius 2 is 2.07 bits per heavy atom. The van der Waals surface area contributed by atoms with Gasteiger partial charge in [0.25, 0.3) is 0 Å². The number of hydrogen-bond donors (Lipinski definition) is 2. The normalized spacial score (nSPS) is 27.3. The van der Waals surface area contributed by atoms with Crippen molar-refractivity contribution in [3.8, 4) is 5.95 Å². The maximum atomic E-state index is 13.0. The first-order valence-corrected chi connectivity index (χ1v) is 12.1. The third-order valence-electron chi connectivity index (χ3n) is 8.05. The molecule has 3 atom stereocenters. The van der Waals surface area contributed by atoms with Crippen molar-refractivity contribution in [2.45, 2.75) is 46.1 Å². The molecule has 2 N–H and O–H groups in total. The van der Waals surface area contributed by atoms with E-state index in [1.807, 2.05) is 24.3 Å². The summed E-state index contributed by atoms with van der Waals surface area (Å²) in [4.78, 5) is 30.0. The molecule has 6 rings (SSSR count). The molecule has 2 aliphatic rings. The van der Waals surface area contributed by atoms with Crippen LogP contribution in [0.4, 0.5) is 5.82 Å². The van der Waals surface area contributed by atoms with Gasteiger partial charge < -0.3 is 0 Å². The number of aromatic nitrogens is 5. The van der Waals surface area contributed by atoms with Crippen molar-refractivity contribution in [1.82, 2.24) is 23.5 Å². The number of anilines is 1. The molecule has 4 aromatic rings. The summed E-state index contributed by atoms with van der Waals surface area (Å²) in [6.07, 6.45) is 5.33. The fourth-order valence-electron chi connectivity index (χ4n) is 5.71. The van der Waals surface area contributed by atoms with E-state index in [1.54, 1.807) is 9.89 Å². The zero-order valence-electron chi connectivity index (χ0n) is 17.3. The monoisotopic (exact) mass is 468 g/mol. The third kappa shape index (κ3) is 2.32. The van der Waals surface area contributed by atoms with Gasteiger partial charge in [0.1, 0.15) is 0 Å². The molecule has 2 fully saturated rings. The number of imidazole rings is 1. The van der Waals surface area contributed by atoms with E-state index < -0.39 is 0 Å². The van der Waals surface area contributed by atoms with Crippen molar-refractivity contribution in [2.75, 3.05) is 5.32 Å². The molecule has 8 heteroatoms. The van der Waals surface area contributed by atoms with Gasteiger partial charge in [-0.2, -0.15) is 0 Å². The third-order valence-corrected chi connectivity index (χ3v) is 10.3. The molecule has 3 aromatic heterocycles. The van der Waals surface area contributed by atoms with Gasteiger partial charge in [-0.15, -0.1) is 0 Å². The molecule has 1 aromatic carbocycles. The number of benzene rings is 1. The number of nitrogens with zero attached hydrogens (tertiary/aromatic N) is 4. The molecule has 0 saturated heterocycles. The second kappa shape index (κ2) is 6.05.